The standard InChI is InChI=1S/C6H12N2.C4H4O4/c1-6(2)3-4-8-5-7;5-3(6)1-2-4(7)8/h3,5H,4H2,1-2H3,(H2,7,8);1-2H,(H,5,6)(H,7,8)/b;2-1+. The van der Waals surface area contributed by atoms with Crippen LogP contribution in [0.5, 0.6) is 0 Å². The summed E-state index contributed by atoms with van der Waals surface area (Å²) in [4.78, 5) is 22.9. The van der Waals surface area contributed by atoms with Crippen LogP contribution in [0.3, 0.4) is 0 Å². The molecule has 6 nitrogen and oxygen atoms in total. The number of hydrogen-bond donors (Lipinski definition) is 3. The van der Waals surface area contributed by atoms with Crippen LogP contribution in [0, 0.1) is 0 Å². The topological polar surface area (TPSA) is 113 Å². The summed E-state index contributed by atoms with van der Waals surface area (Å²) in [5.74, 6) is -2.51. The van der Waals surface area contributed by atoms with Crippen LogP contribution < -0.4 is 5.73 Å². The quantitative estimate of drug-likeness (QED) is 0.283. The summed E-state index contributed by atoms with van der Waals surface area (Å²) in [5, 5.41) is 15.6. The molecule has 0 aliphatic heterocycles. The van der Waals surface area contributed by atoms with E-state index in [1.807, 2.05) is 19.9 Å². The van der Waals surface area contributed by atoms with Crippen molar-refractivity contribution in [3.63, 3.8) is 0 Å². The maximum Gasteiger partial charge on any atom is 0.328 e. The van der Waals surface area contributed by atoms with Crippen LogP contribution in [0.4, 0.5) is 0 Å². The number of rotatable bonds is 4. The molecule has 4 N–H and O–H groups in total. The van der Waals surface area contributed by atoms with E-state index in [-0.39, 0.29) is 0 Å². The van der Waals surface area contributed by atoms with Gasteiger partial charge in [-0.25, -0.2) is 9.59 Å². The second kappa shape index (κ2) is 11.0. The number of allylic oxidation sites excluding steroid dienone is 1. The van der Waals surface area contributed by atoms with Gasteiger partial charge in [0.2, 0.25) is 0 Å². The molecule has 0 aromatic heterocycles. The summed E-state index contributed by atoms with van der Waals surface area (Å²) in [7, 11) is 0. The van der Waals surface area contributed by atoms with Crippen molar-refractivity contribution in [3.8, 4) is 0 Å². The van der Waals surface area contributed by atoms with Gasteiger partial charge < -0.3 is 15.9 Å². The molecule has 6 heteroatoms. The molecular weight excluding hydrogens is 212 g/mol. The Morgan fingerprint density at radius 2 is 1.62 bits per heavy atom. The van der Waals surface area contributed by atoms with E-state index in [1.165, 1.54) is 11.9 Å². The van der Waals surface area contributed by atoms with Crippen molar-refractivity contribution in [2.75, 3.05) is 6.54 Å². The third kappa shape index (κ3) is 22.7. The Morgan fingerprint density at radius 3 is 1.88 bits per heavy atom. The molecule has 16 heavy (non-hydrogen) atoms. The van der Waals surface area contributed by atoms with Gasteiger partial charge in [-0.2, -0.15) is 0 Å². The van der Waals surface area contributed by atoms with Gasteiger partial charge in [0.1, 0.15) is 0 Å². The highest BCUT2D eigenvalue weighted by atomic mass is 16.4. The lowest BCUT2D eigenvalue weighted by Crippen LogP contribution is -1.91. The fraction of sp³-hybridized carbons (Fsp3) is 0.300. The van der Waals surface area contributed by atoms with Gasteiger partial charge >= 0.3 is 11.9 Å². The number of hydrogen-bond acceptors (Lipinski definition) is 3. The Hall–Kier alpha value is -2.11. The lowest BCUT2D eigenvalue weighted by molar-refractivity contribution is -0.134. The molecule has 0 aromatic carbocycles. The van der Waals surface area contributed by atoms with E-state index in [9.17, 15) is 9.59 Å². The molecule has 0 radical (unpaired) electrons. The average Bonchev–Trinajstić information content (AvgIpc) is 2.16. The van der Waals surface area contributed by atoms with Crippen molar-refractivity contribution < 1.29 is 19.8 Å². The normalized spacial score (nSPS) is 9.62. The van der Waals surface area contributed by atoms with Crippen LogP contribution in [0.25, 0.3) is 0 Å². The van der Waals surface area contributed by atoms with Crippen LogP contribution >= 0.6 is 0 Å². The van der Waals surface area contributed by atoms with Crippen molar-refractivity contribution in [1.29, 1.82) is 0 Å². The number of nitrogens with zero attached hydrogens (tertiary/aromatic N) is 1. The number of carbonyl (C=O) groups is 2. The molecule has 90 valence electrons. The monoisotopic (exact) mass is 228 g/mol. The van der Waals surface area contributed by atoms with Crippen molar-refractivity contribution in [1.82, 2.24) is 0 Å². The summed E-state index contributed by atoms with van der Waals surface area (Å²) < 4.78 is 0. The smallest absolute Gasteiger partial charge is 0.328 e. The van der Waals surface area contributed by atoms with Crippen molar-refractivity contribution >= 4 is 18.3 Å². The second-order valence-electron chi connectivity index (χ2n) is 2.81. The van der Waals surface area contributed by atoms with E-state index in [2.05, 4.69) is 4.99 Å². The zero-order chi connectivity index (χ0) is 13.0. The van der Waals surface area contributed by atoms with E-state index in [4.69, 9.17) is 15.9 Å². The third-order valence-electron chi connectivity index (χ3n) is 1.08. The van der Waals surface area contributed by atoms with Gasteiger partial charge in [0.15, 0.2) is 0 Å². The van der Waals surface area contributed by atoms with Crippen LogP contribution in [-0.4, -0.2) is 35.0 Å². The lowest BCUT2D eigenvalue weighted by Gasteiger charge is -1.83. The molecule has 0 spiro atoms. The molecule has 0 rings (SSSR count). The molecular formula is C10H16N2O4. The highest BCUT2D eigenvalue weighted by molar-refractivity contribution is 5.89. The fourth-order valence-electron chi connectivity index (χ4n) is 0.439. The van der Waals surface area contributed by atoms with Crippen molar-refractivity contribution in [3.05, 3.63) is 23.8 Å². The predicted molar refractivity (Wildman–Crippen MR) is 61.4 cm³/mol. The van der Waals surface area contributed by atoms with E-state index < -0.39 is 11.9 Å². The largest absolute Gasteiger partial charge is 0.478 e. The Morgan fingerprint density at radius 1 is 1.19 bits per heavy atom. The number of carboxylic acids is 2. The summed E-state index contributed by atoms with van der Waals surface area (Å²) in [5.41, 5.74) is 6.27. The zero-order valence-corrected chi connectivity index (χ0v) is 9.25. The molecule has 0 saturated heterocycles. The first-order valence-corrected chi connectivity index (χ1v) is 4.37. The minimum atomic E-state index is -1.26. The zero-order valence-electron chi connectivity index (χ0n) is 9.25. The number of aliphatic imine (C=N–C) groups is 1. The summed E-state index contributed by atoms with van der Waals surface area (Å²) in [6.45, 7) is 4.77. The highest BCUT2D eigenvalue weighted by Crippen LogP contribution is 1.86. The third-order valence-corrected chi connectivity index (χ3v) is 1.08. The molecule has 0 saturated carbocycles. The molecule has 0 atom stereocenters. The first kappa shape index (κ1) is 16.3. The summed E-state index contributed by atoms with van der Waals surface area (Å²) in [6.07, 6.45) is 4.45. The van der Waals surface area contributed by atoms with Crippen LogP contribution in [0.1, 0.15) is 13.8 Å². The van der Waals surface area contributed by atoms with Gasteiger partial charge in [-0.3, -0.25) is 4.99 Å². The molecule has 0 fully saturated rings. The van der Waals surface area contributed by atoms with Gasteiger partial charge in [0.05, 0.1) is 12.9 Å². The Bertz CT molecular complexity index is 286. The van der Waals surface area contributed by atoms with Gasteiger partial charge in [-0.05, 0) is 13.8 Å². The number of carboxylic acid groups (broad SMARTS) is 2. The maximum absolute atomic E-state index is 9.55. The molecule has 0 bridgehead atoms. The van der Waals surface area contributed by atoms with Crippen molar-refractivity contribution in [2.45, 2.75) is 13.8 Å². The minimum absolute atomic E-state index is 0.558. The summed E-state index contributed by atoms with van der Waals surface area (Å²) >= 11 is 0. The van der Waals surface area contributed by atoms with Gasteiger partial charge in [0.25, 0.3) is 0 Å². The fourth-order valence-corrected chi connectivity index (χ4v) is 0.439. The predicted octanol–water partition coefficient (Wildman–Crippen LogP) is 0.651. The molecule has 0 aromatic rings. The second-order valence-corrected chi connectivity index (χ2v) is 2.81. The van der Waals surface area contributed by atoms with Gasteiger partial charge in [-0.15, -0.1) is 0 Å². The van der Waals surface area contributed by atoms with Gasteiger partial charge in [-0.1, -0.05) is 11.6 Å². The van der Waals surface area contributed by atoms with E-state index in [0.717, 1.165) is 0 Å². The van der Waals surface area contributed by atoms with E-state index in [0.29, 0.717) is 18.7 Å². The van der Waals surface area contributed by atoms with Crippen LogP contribution in [0.15, 0.2) is 28.8 Å². The Kier molecular flexibility index (Phi) is 11.2. The molecule has 0 aliphatic rings. The number of nitrogens with two attached hydrogens (primary N) is 1. The number of aliphatic carboxylic acids is 2. The Balaban J connectivity index is 0. The molecule has 0 heterocycles. The van der Waals surface area contributed by atoms with Crippen LogP contribution in [-0.2, 0) is 9.59 Å². The average molecular weight is 228 g/mol. The lowest BCUT2D eigenvalue weighted by atomic mass is 10.3. The molecule has 0 aliphatic carbocycles. The summed E-state index contributed by atoms with van der Waals surface area (Å²) in [6, 6.07) is 0. The van der Waals surface area contributed by atoms with Crippen LogP contribution in [0.2, 0.25) is 0 Å². The van der Waals surface area contributed by atoms with Gasteiger partial charge in [0, 0.05) is 12.2 Å². The maximum atomic E-state index is 9.55. The van der Waals surface area contributed by atoms with Crippen molar-refractivity contribution in [2.24, 2.45) is 10.7 Å². The van der Waals surface area contributed by atoms with E-state index >= 15 is 0 Å². The first-order valence-electron chi connectivity index (χ1n) is 4.37. The highest BCUT2D eigenvalue weighted by Gasteiger charge is 1.88. The Labute approximate surface area is 93.8 Å². The molecule has 0 amide bonds. The van der Waals surface area contributed by atoms with E-state index in [1.54, 1.807) is 0 Å². The minimum Gasteiger partial charge on any atom is -0.478 e. The SMILES string of the molecule is CC(C)=CCN=CN.O=C(O)/C=C/C(=O)O. The first-order chi connectivity index (χ1) is 7.40. The molecule has 0 unspecified atom stereocenters.